The van der Waals surface area contributed by atoms with Gasteiger partial charge < -0.3 is 5.32 Å². The van der Waals surface area contributed by atoms with Crippen LogP contribution in [0.15, 0.2) is 24.3 Å². The van der Waals surface area contributed by atoms with Crippen molar-refractivity contribution >= 4 is 0 Å². The molecule has 1 nitrogen and oxygen atoms in total. The second kappa shape index (κ2) is 7.69. The van der Waals surface area contributed by atoms with Crippen LogP contribution in [0.5, 0.6) is 0 Å². The van der Waals surface area contributed by atoms with Gasteiger partial charge in [-0.1, -0.05) is 51.0 Å². The van der Waals surface area contributed by atoms with E-state index in [1.54, 1.807) is 5.56 Å². The standard InChI is InChI=1S/C18H29N/c1-3-13-19-18-8-6-5-7-17(14-18)16-11-9-15(4-2)10-12-16/h9-12,17-19H,3-8,13-14H2,1-2H3. The maximum Gasteiger partial charge on any atom is 0.00728 e. The zero-order valence-corrected chi connectivity index (χ0v) is 12.6. The number of nitrogens with one attached hydrogen (secondary N) is 1. The number of hydrogen-bond donors (Lipinski definition) is 1. The number of aryl methyl sites for hydroxylation is 1. The van der Waals surface area contributed by atoms with Gasteiger partial charge in [0.25, 0.3) is 0 Å². The highest BCUT2D eigenvalue weighted by Gasteiger charge is 2.20. The Kier molecular flexibility index (Phi) is 5.91. The molecule has 1 aromatic carbocycles. The second-order valence-electron chi connectivity index (χ2n) is 5.96. The van der Waals surface area contributed by atoms with Crippen molar-refractivity contribution in [3.8, 4) is 0 Å². The average Bonchev–Trinajstić information content (AvgIpc) is 2.71. The molecule has 2 unspecified atom stereocenters. The van der Waals surface area contributed by atoms with Crippen LogP contribution in [0.3, 0.4) is 0 Å². The molecule has 0 bridgehead atoms. The Labute approximate surface area is 118 Å². The van der Waals surface area contributed by atoms with Crippen LogP contribution in [0, 0.1) is 0 Å². The first-order valence-electron chi connectivity index (χ1n) is 8.15. The van der Waals surface area contributed by atoms with Crippen molar-refractivity contribution in [1.29, 1.82) is 0 Å². The topological polar surface area (TPSA) is 12.0 Å². The van der Waals surface area contributed by atoms with Gasteiger partial charge in [0.15, 0.2) is 0 Å². The summed E-state index contributed by atoms with van der Waals surface area (Å²) in [5, 5.41) is 3.73. The minimum absolute atomic E-state index is 0.735. The van der Waals surface area contributed by atoms with Crippen molar-refractivity contribution in [2.45, 2.75) is 70.8 Å². The number of benzene rings is 1. The first-order valence-corrected chi connectivity index (χ1v) is 8.15. The lowest BCUT2D eigenvalue weighted by Gasteiger charge is -2.21. The molecule has 0 heterocycles. The van der Waals surface area contributed by atoms with E-state index in [1.807, 2.05) is 0 Å². The molecule has 0 aliphatic heterocycles. The summed E-state index contributed by atoms with van der Waals surface area (Å²) in [5.74, 6) is 0.766. The summed E-state index contributed by atoms with van der Waals surface area (Å²) in [7, 11) is 0. The average molecular weight is 259 g/mol. The van der Waals surface area contributed by atoms with Crippen LogP contribution in [0.2, 0.25) is 0 Å². The van der Waals surface area contributed by atoms with Gasteiger partial charge in [0.2, 0.25) is 0 Å². The van der Waals surface area contributed by atoms with Crippen LogP contribution in [-0.4, -0.2) is 12.6 Å². The molecule has 1 N–H and O–H groups in total. The van der Waals surface area contributed by atoms with Crippen LogP contribution in [0.4, 0.5) is 0 Å². The van der Waals surface area contributed by atoms with Crippen LogP contribution in [0.1, 0.15) is 69.4 Å². The molecule has 19 heavy (non-hydrogen) atoms. The minimum atomic E-state index is 0.735. The fraction of sp³-hybridized carbons (Fsp3) is 0.667. The maximum absolute atomic E-state index is 3.73. The Balaban J connectivity index is 1.99. The van der Waals surface area contributed by atoms with E-state index in [0.29, 0.717) is 0 Å². The predicted octanol–water partition coefficient (Wildman–Crippen LogP) is 4.66. The Morgan fingerprint density at radius 3 is 2.47 bits per heavy atom. The molecule has 2 rings (SSSR count). The lowest BCUT2D eigenvalue weighted by molar-refractivity contribution is 0.439. The normalized spacial score (nSPS) is 24.1. The van der Waals surface area contributed by atoms with Crippen molar-refractivity contribution in [2.75, 3.05) is 6.54 Å². The summed E-state index contributed by atoms with van der Waals surface area (Å²) < 4.78 is 0. The maximum atomic E-state index is 3.73. The van der Waals surface area contributed by atoms with Crippen molar-refractivity contribution in [3.63, 3.8) is 0 Å². The zero-order chi connectivity index (χ0) is 13.5. The fourth-order valence-electron chi connectivity index (χ4n) is 3.22. The van der Waals surface area contributed by atoms with E-state index >= 15 is 0 Å². The van der Waals surface area contributed by atoms with Crippen molar-refractivity contribution < 1.29 is 0 Å². The van der Waals surface area contributed by atoms with Gasteiger partial charge in [-0.2, -0.15) is 0 Å². The first kappa shape index (κ1) is 14.6. The van der Waals surface area contributed by atoms with Gasteiger partial charge in [0.1, 0.15) is 0 Å². The van der Waals surface area contributed by atoms with Gasteiger partial charge in [0, 0.05) is 6.04 Å². The second-order valence-corrected chi connectivity index (χ2v) is 5.96. The highest BCUT2D eigenvalue weighted by atomic mass is 14.9. The van der Waals surface area contributed by atoms with Crippen LogP contribution in [-0.2, 0) is 6.42 Å². The third-order valence-corrected chi connectivity index (χ3v) is 4.47. The molecule has 106 valence electrons. The third-order valence-electron chi connectivity index (χ3n) is 4.47. The Hall–Kier alpha value is -0.820. The molecular weight excluding hydrogens is 230 g/mol. The summed E-state index contributed by atoms with van der Waals surface area (Å²) >= 11 is 0. The molecule has 0 aromatic heterocycles. The van der Waals surface area contributed by atoms with Crippen molar-refractivity contribution in [3.05, 3.63) is 35.4 Å². The molecule has 0 amide bonds. The highest BCUT2D eigenvalue weighted by molar-refractivity contribution is 5.25. The Morgan fingerprint density at radius 1 is 1.05 bits per heavy atom. The molecule has 1 heteroatoms. The fourth-order valence-corrected chi connectivity index (χ4v) is 3.22. The summed E-state index contributed by atoms with van der Waals surface area (Å²) in [6, 6.07) is 10.1. The molecule has 2 atom stereocenters. The molecule has 0 saturated heterocycles. The first-order chi connectivity index (χ1) is 9.33. The molecule has 1 aliphatic carbocycles. The summed E-state index contributed by atoms with van der Waals surface area (Å²) in [5.41, 5.74) is 3.01. The smallest absolute Gasteiger partial charge is 0.00728 e. The highest BCUT2D eigenvalue weighted by Crippen LogP contribution is 2.32. The Morgan fingerprint density at radius 2 is 1.79 bits per heavy atom. The van der Waals surface area contributed by atoms with Gasteiger partial charge in [-0.3, -0.25) is 0 Å². The molecule has 0 radical (unpaired) electrons. The predicted molar refractivity (Wildman–Crippen MR) is 83.7 cm³/mol. The zero-order valence-electron chi connectivity index (χ0n) is 12.6. The van der Waals surface area contributed by atoms with Gasteiger partial charge in [0.05, 0.1) is 0 Å². The monoisotopic (exact) mass is 259 g/mol. The van der Waals surface area contributed by atoms with E-state index in [9.17, 15) is 0 Å². The lowest BCUT2D eigenvalue weighted by Crippen LogP contribution is -2.30. The van der Waals surface area contributed by atoms with Crippen molar-refractivity contribution in [1.82, 2.24) is 5.32 Å². The summed E-state index contributed by atoms with van der Waals surface area (Å²) in [6.07, 6.45) is 9.23. The molecule has 0 spiro atoms. The van der Waals surface area contributed by atoms with E-state index in [4.69, 9.17) is 0 Å². The molecular formula is C18H29N. The minimum Gasteiger partial charge on any atom is -0.314 e. The van der Waals surface area contributed by atoms with E-state index in [0.717, 1.165) is 18.4 Å². The molecule has 1 aliphatic rings. The number of hydrogen-bond acceptors (Lipinski definition) is 1. The van der Waals surface area contributed by atoms with Crippen LogP contribution < -0.4 is 5.32 Å². The summed E-state index contributed by atoms with van der Waals surface area (Å²) in [6.45, 7) is 5.65. The van der Waals surface area contributed by atoms with Gasteiger partial charge in [-0.25, -0.2) is 0 Å². The largest absolute Gasteiger partial charge is 0.314 e. The van der Waals surface area contributed by atoms with Gasteiger partial charge in [-0.15, -0.1) is 0 Å². The molecule has 1 saturated carbocycles. The van der Waals surface area contributed by atoms with Crippen LogP contribution >= 0.6 is 0 Å². The van der Waals surface area contributed by atoms with Gasteiger partial charge >= 0.3 is 0 Å². The SMILES string of the molecule is CCCNC1CCCCC(c2ccc(CC)cc2)C1. The molecule has 1 aromatic rings. The third kappa shape index (κ3) is 4.35. The van der Waals surface area contributed by atoms with Crippen LogP contribution in [0.25, 0.3) is 0 Å². The lowest BCUT2D eigenvalue weighted by atomic mass is 9.89. The van der Waals surface area contributed by atoms with E-state index < -0.39 is 0 Å². The summed E-state index contributed by atoms with van der Waals surface area (Å²) in [4.78, 5) is 0. The molecule has 1 fully saturated rings. The van der Waals surface area contributed by atoms with Crippen molar-refractivity contribution in [2.24, 2.45) is 0 Å². The van der Waals surface area contributed by atoms with Gasteiger partial charge in [-0.05, 0) is 55.7 Å². The van der Waals surface area contributed by atoms with E-state index in [1.165, 1.54) is 50.6 Å². The quantitative estimate of drug-likeness (QED) is 0.758. The van der Waals surface area contributed by atoms with E-state index in [2.05, 4.69) is 43.4 Å². The Bertz CT molecular complexity index is 354. The number of rotatable bonds is 5. The van der Waals surface area contributed by atoms with E-state index in [-0.39, 0.29) is 0 Å².